The Morgan fingerprint density at radius 3 is 2.52 bits per heavy atom. The number of aromatic nitrogens is 1. The Morgan fingerprint density at radius 2 is 1.90 bits per heavy atom. The zero-order valence-corrected chi connectivity index (χ0v) is 13.2. The second kappa shape index (κ2) is 7.23. The lowest BCUT2D eigenvalue weighted by atomic mass is 9.96. The monoisotopic (exact) mass is 283 g/mol. The van der Waals surface area contributed by atoms with E-state index in [0.29, 0.717) is 0 Å². The maximum atomic E-state index is 6.13. The van der Waals surface area contributed by atoms with Crippen LogP contribution < -0.4 is 11.1 Å². The highest BCUT2D eigenvalue weighted by Gasteiger charge is 2.15. The van der Waals surface area contributed by atoms with Crippen molar-refractivity contribution in [2.45, 2.75) is 39.7 Å². The van der Waals surface area contributed by atoms with E-state index in [2.05, 4.69) is 49.3 Å². The quantitative estimate of drug-likeness (QED) is 0.852. The van der Waals surface area contributed by atoms with E-state index in [4.69, 9.17) is 5.73 Å². The molecule has 0 radical (unpaired) electrons. The van der Waals surface area contributed by atoms with Crippen molar-refractivity contribution in [3.05, 3.63) is 58.9 Å². The number of hydrogen-bond donors (Lipinski definition) is 2. The highest BCUT2D eigenvalue weighted by molar-refractivity contribution is 5.47. The van der Waals surface area contributed by atoms with Gasteiger partial charge in [-0.3, -0.25) is 4.98 Å². The molecule has 1 unspecified atom stereocenters. The normalized spacial score (nSPS) is 12.3. The first-order valence-electron chi connectivity index (χ1n) is 7.60. The van der Waals surface area contributed by atoms with Crippen molar-refractivity contribution in [1.29, 1.82) is 0 Å². The van der Waals surface area contributed by atoms with E-state index in [1.54, 1.807) is 6.20 Å². The van der Waals surface area contributed by atoms with Crippen molar-refractivity contribution in [2.75, 3.05) is 12.3 Å². The molecule has 1 heterocycles. The molecule has 21 heavy (non-hydrogen) atoms. The van der Waals surface area contributed by atoms with Crippen molar-refractivity contribution in [2.24, 2.45) is 0 Å². The Morgan fingerprint density at radius 1 is 1.19 bits per heavy atom. The summed E-state index contributed by atoms with van der Waals surface area (Å²) in [5, 5.41) is 3.59. The van der Waals surface area contributed by atoms with E-state index in [0.717, 1.165) is 30.6 Å². The number of rotatable bonds is 6. The number of nitrogen functional groups attached to an aromatic ring is 1. The summed E-state index contributed by atoms with van der Waals surface area (Å²) >= 11 is 0. The molecule has 112 valence electrons. The van der Waals surface area contributed by atoms with Crippen molar-refractivity contribution >= 4 is 5.69 Å². The third kappa shape index (κ3) is 4.30. The third-order valence-electron chi connectivity index (χ3n) is 3.62. The van der Waals surface area contributed by atoms with Gasteiger partial charge in [0.15, 0.2) is 0 Å². The van der Waals surface area contributed by atoms with Gasteiger partial charge >= 0.3 is 0 Å². The molecule has 0 amide bonds. The molecule has 3 heteroatoms. The van der Waals surface area contributed by atoms with Crippen LogP contribution in [0, 0.1) is 13.8 Å². The van der Waals surface area contributed by atoms with Crippen LogP contribution in [0.3, 0.4) is 0 Å². The van der Waals surface area contributed by atoms with Gasteiger partial charge in [0.05, 0.1) is 0 Å². The van der Waals surface area contributed by atoms with E-state index < -0.39 is 0 Å². The number of anilines is 1. The van der Waals surface area contributed by atoms with Crippen LogP contribution in [0.5, 0.6) is 0 Å². The van der Waals surface area contributed by atoms with Crippen LogP contribution in [-0.2, 0) is 6.42 Å². The summed E-state index contributed by atoms with van der Waals surface area (Å²) in [4.78, 5) is 4.23. The molecule has 1 aromatic carbocycles. The largest absolute Gasteiger partial charge is 0.398 e. The molecule has 0 saturated heterocycles. The van der Waals surface area contributed by atoms with Gasteiger partial charge < -0.3 is 11.1 Å². The molecule has 0 aliphatic rings. The van der Waals surface area contributed by atoms with E-state index in [1.165, 1.54) is 16.7 Å². The van der Waals surface area contributed by atoms with E-state index >= 15 is 0 Å². The van der Waals surface area contributed by atoms with Crippen LogP contribution >= 0.6 is 0 Å². The number of aryl methyl sites for hydroxylation is 2. The SMILES string of the molecule is CCCNC(Cc1cc(C)cc(C)c1)c1cnccc1N. The molecule has 2 rings (SSSR count). The summed E-state index contributed by atoms with van der Waals surface area (Å²) in [5.74, 6) is 0. The van der Waals surface area contributed by atoms with Crippen LogP contribution in [0.4, 0.5) is 5.69 Å². The summed E-state index contributed by atoms with van der Waals surface area (Å²) in [7, 11) is 0. The molecule has 0 bridgehead atoms. The Hall–Kier alpha value is -1.87. The fraction of sp³-hybridized carbons (Fsp3) is 0.389. The predicted octanol–water partition coefficient (Wildman–Crippen LogP) is 3.56. The molecular weight excluding hydrogens is 258 g/mol. The van der Waals surface area contributed by atoms with Crippen LogP contribution in [0.1, 0.15) is 41.6 Å². The number of nitrogens with two attached hydrogens (primary N) is 1. The molecule has 0 spiro atoms. The highest BCUT2D eigenvalue weighted by Crippen LogP contribution is 2.24. The van der Waals surface area contributed by atoms with E-state index in [1.807, 2.05) is 12.3 Å². The summed E-state index contributed by atoms with van der Waals surface area (Å²) in [6, 6.07) is 8.79. The summed E-state index contributed by atoms with van der Waals surface area (Å²) in [6.45, 7) is 7.43. The van der Waals surface area contributed by atoms with Crippen molar-refractivity contribution < 1.29 is 0 Å². The fourth-order valence-electron chi connectivity index (χ4n) is 2.74. The summed E-state index contributed by atoms with van der Waals surface area (Å²) in [6.07, 6.45) is 5.65. The van der Waals surface area contributed by atoms with Gasteiger partial charge in [-0.05, 0) is 44.9 Å². The van der Waals surface area contributed by atoms with E-state index in [-0.39, 0.29) is 6.04 Å². The standard InChI is InChI=1S/C18H25N3/c1-4-6-21-18(16-12-20-7-5-17(16)19)11-15-9-13(2)8-14(3)10-15/h5,7-10,12,18,21H,4,6,11H2,1-3H3,(H2,19,20). The number of nitrogens with zero attached hydrogens (tertiary/aromatic N) is 1. The van der Waals surface area contributed by atoms with E-state index in [9.17, 15) is 0 Å². The van der Waals surface area contributed by atoms with Gasteiger partial charge in [-0.15, -0.1) is 0 Å². The minimum atomic E-state index is 0.208. The molecule has 1 aromatic heterocycles. The first-order chi connectivity index (χ1) is 10.1. The highest BCUT2D eigenvalue weighted by atomic mass is 14.9. The smallest absolute Gasteiger partial charge is 0.0396 e. The number of pyridine rings is 1. The fourth-order valence-corrected chi connectivity index (χ4v) is 2.74. The van der Waals surface area contributed by atoms with Crippen LogP contribution in [0.15, 0.2) is 36.7 Å². The average Bonchev–Trinajstić information content (AvgIpc) is 2.43. The van der Waals surface area contributed by atoms with Gasteiger partial charge in [-0.1, -0.05) is 36.2 Å². The minimum Gasteiger partial charge on any atom is -0.398 e. The number of benzene rings is 1. The maximum Gasteiger partial charge on any atom is 0.0396 e. The number of nitrogens with one attached hydrogen (secondary N) is 1. The molecular formula is C18H25N3. The Kier molecular flexibility index (Phi) is 5.34. The first kappa shape index (κ1) is 15.5. The lowest BCUT2D eigenvalue weighted by Crippen LogP contribution is -2.25. The third-order valence-corrected chi connectivity index (χ3v) is 3.62. The molecule has 0 saturated carbocycles. The van der Waals surface area contributed by atoms with Crippen molar-refractivity contribution in [3.63, 3.8) is 0 Å². The van der Waals surface area contributed by atoms with Crippen LogP contribution in [0.25, 0.3) is 0 Å². The Bertz CT molecular complexity index is 573. The molecule has 0 aliphatic carbocycles. The topological polar surface area (TPSA) is 50.9 Å². The van der Waals surface area contributed by atoms with Gasteiger partial charge in [0, 0.05) is 29.7 Å². The van der Waals surface area contributed by atoms with Gasteiger partial charge in [-0.2, -0.15) is 0 Å². The zero-order chi connectivity index (χ0) is 15.2. The van der Waals surface area contributed by atoms with Gasteiger partial charge in [0.25, 0.3) is 0 Å². The maximum absolute atomic E-state index is 6.13. The second-order valence-corrected chi connectivity index (χ2v) is 5.71. The lowest BCUT2D eigenvalue weighted by molar-refractivity contribution is 0.529. The molecule has 3 N–H and O–H groups in total. The average molecular weight is 283 g/mol. The first-order valence-corrected chi connectivity index (χ1v) is 7.60. The summed E-state index contributed by atoms with van der Waals surface area (Å²) in [5.41, 5.74) is 12.0. The molecule has 3 nitrogen and oxygen atoms in total. The molecule has 0 aliphatic heterocycles. The van der Waals surface area contributed by atoms with Crippen molar-refractivity contribution in [1.82, 2.24) is 10.3 Å². The van der Waals surface area contributed by atoms with Crippen molar-refractivity contribution in [3.8, 4) is 0 Å². The van der Waals surface area contributed by atoms with Gasteiger partial charge in [-0.25, -0.2) is 0 Å². The van der Waals surface area contributed by atoms with Crippen LogP contribution in [0.2, 0.25) is 0 Å². The minimum absolute atomic E-state index is 0.208. The Balaban J connectivity index is 2.26. The number of hydrogen-bond acceptors (Lipinski definition) is 3. The molecule has 2 aromatic rings. The Labute approximate surface area is 127 Å². The van der Waals surface area contributed by atoms with Gasteiger partial charge in [0.2, 0.25) is 0 Å². The lowest BCUT2D eigenvalue weighted by Gasteiger charge is -2.21. The van der Waals surface area contributed by atoms with Gasteiger partial charge in [0.1, 0.15) is 0 Å². The molecule has 0 fully saturated rings. The molecule has 1 atom stereocenters. The second-order valence-electron chi connectivity index (χ2n) is 5.71. The summed E-state index contributed by atoms with van der Waals surface area (Å²) < 4.78 is 0. The van der Waals surface area contributed by atoms with Crippen LogP contribution in [-0.4, -0.2) is 11.5 Å². The predicted molar refractivity (Wildman–Crippen MR) is 89.3 cm³/mol. The zero-order valence-electron chi connectivity index (χ0n) is 13.2.